The van der Waals surface area contributed by atoms with E-state index in [0.717, 1.165) is 7.11 Å². The number of pyridine rings is 1. The number of carbonyl (C=O) groups is 1. The van der Waals surface area contributed by atoms with Crippen LogP contribution in [-0.4, -0.2) is 23.0 Å². The molecule has 0 amide bonds. The number of nitrogens with zero attached hydrogens (tertiary/aromatic N) is 2. The highest BCUT2D eigenvalue weighted by molar-refractivity contribution is 5.74. The molecule has 0 atom stereocenters. The van der Waals surface area contributed by atoms with Gasteiger partial charge in [-0.15, -0.1) is 0 Å². The third kappa shape index (κ3) is 2.73. The molecule has 0 fully saturated rings. The molecule has 9 heteroatoms. The molecule has 0 aliphatic heterocycles. The Kier molecular flexibility index (Phi) is 4.18. The number of ether oxygens (including phenoxy) is 1. The number of nitro groups is 1. The quantitative estimate of drug-likeness (QED) is 0.470. The van der Waals surface area contributed by atoms with Gasteiger partial charge in [0.15, 0.2) is 11.5 Å². The Hall–Kier alpha value is -2.19. The summed E-state index contributed by atoms with van der Waals surface area (Å²) in [6, 6.07) is 0. The Morgan fingerprint density at radius 2 is 2.22 bits per heavy atom. The van der Waals surface area contributed by atoms with Crippen LogP contribution >= 0.6 is 0 Å². The van der Waals surface area contributed by atoms with Gasteiger partial charge in [0.05, 0.1) is 30.2 Å². The highest BCUT2D eigenvalue weighted by Gasteiger charge is 2.31. The average molecular weight is 264 g/mol. The molecule has 18 heavy (non-hydrogen) atoms. The number of halogens is 3. The molecule has 0 spiro atoms. The molecule has 0 aromatic carbocycles. The first-order valence-corrected chi connectivity index (χ1v) is 4.55. The summed E-state index contributed by atoms with van der Waals surface area (Å²) >= 11 is 0. The molecule has 0 aliphatic rings. The highest BCUT2D eigenvalue weighted by atomic mass is 19.3. The summed E-state index contributed by atoms with van der Waals surface area (Å²) in [5.41, 5.74) is -3.15. The maximum atomic E-state index is 13.3. The van der Waals surface area contributed by atoms with Gasteiger partial charge in [0.25, 0.3) is 6.43 Å². The van der Waals surface area contributed by atoms with Crippen molar-refractivity contribution in [3.8, 4) is 0 Å². The standard InChI is InChI=1S/C9H7F3N2O4/c1-18-6(15)2-4-5(10)3-13-7(9(11)12)8(4)14(16)17/h3,9H,2H2,1H3. The Labute approximate surface area is 98.5 Å². The molecular weight excluding hydrogens is 257 g/mol. The Morgan fingerprint density at radius 1 is 1.61 bits per heavy atom. The second kappa shape index (κ2) is 5.43. The Morgan fingerprint density at radius 3 is 2.67 bits per heavy atom. The van der Waals surface area contributed by atoms with Crippen LogP contribution in [-0.2, 0) is 16.0 Å². The molecule has 0 unspecified atom stereocenters. The van der Waals surface area contributed by atoms with Crippen LogP contribution in [0, 0.1) is 15.9 Å². The fourth-order valence-corrected chi connectivity index (χ4v) is 1.28. The molecule has 0 N–H and O–H groups in total. The third-order valence-corrected chi connectivity index (χ3v) is 2.07. The highest BCUT2D eigenvalue weighted by Crippen LogP contribution is 2.31. The number of rotatable bonds is 4. The smallest absolute Gasteiger partial charge is 0.310 e. The van der Waals surface area contributed by atoms with Crippen molar-refractivity contribution in [2.75, 3.05) is 7.11 Å². The van der Waals surface area contributed by atoms with Gasteiger partial charge in [-0.1, -0.05) is 0 Å². The number of aromatic nitrogens is 1. The van der Waals surface area contributed by atoms with Crippen LogP contribution in [0.15, 0.2) is 6.20 Å². The minimum absolute atomic E-state index is 0.409. The minimum atomic E-state index is -3.25. The van der Waals surface area contributed by atoms with Crippen LogP contribution < -0.4 is 0 Å². The van der Waals surface area contributed by atoms with E-state index in [9.17, 15) is 28.1 Å². The fourth-order valence-electron chi connectivity index (χ4n) is 1.28. The first kappa shape index (κ1) is 13.9. The van der Waals surface area contributed by atoms with Crippen molar-refractivity contribution in [1.29, 1.82) is 0 Å². The summed E-state index contributed by atoms with van der Waals surface area (Å²) in [5.74, 6) is -2.19. The molecule has 1 aromatic rings. The molecule has 1 heterocycles. The number of hydrogen-bond acceptors (Lipinski definition) is 5. The maximum absolute atomic E-state index is 13.3. The van der Waals surface area contributed by atoms with Gasteiger partial charge in [0.2, 0.25) is 0 Å². The lowest BCUT2D eigenvalue weighted by Crippen LogP contribution is -2.12. The number of hydrogen-bond donors (Lipinski definition) is 0. The van der Waals surface area contributed by atoms with Crippen molar-refractivity contribution in [3.05, 3.63) is 33.4 Å². The lowest BCUT2D eigenvalue weighted by Gasteiger charge is -2.06. The first-order chi connectivity index (χ1) is 8.38. The lowest BCUT2D eigenvalue weighted by atomic mass is 10.1. The van der Waals surface area contributed by atoms with Crippen molar-refractivity contribution in [2.24, 2.45) is 0 Å². The monoisotopic (exact) mass is 264 g/mol. The number of esters is 1. The Balaban J connectivity index is 3.41. The molecule has 98 valence electrons. The molecule has 0 saturated heterocycles. The van der Waals surface area contributed by atoms with E-state index in [1.807, 2.05) is 0 Å². The van der Waals surface area contributed by atoms with Gasteiger partial charge in [-0.2, -0.15) is 0 Å². The van der Waals surface area contributed by atoms with E-state index in [1.165, 1.54) is 0 Å². The predicted octanol–water partition coefficient (Wildman–Crippen LogP) is 1.78. The molecule has 0 bridgehead atoms. The number of carbonyl (C=O) groups excluding carboxylic acids is 1. The molecular formula is C9H7F3N2O4. The SMILES string of the molecule is COC(=O)Cc1c(F)cnc(C(F)F)c1[N+](=O)[O-]. The minimum Gasteiger partial charge on any atom is -0.469 e. The molecule has 0 saturated carbocycles. The second-order valence-electron chi connectivity index (χ2n) is 3.13. The zero-order chi connectivity index (χ0) is 13.9. The summed E-state index contributed by atoms with van der Waals surface area (Å²) in [6.45, 7) is 0. The summed E-state index contributed by atoms with van der Waals surface area (Å²) in [7, 11) is 0.987. The molecule has 1 aromatic heterocycles. The van der Waals surface area contributed by atoms with Crippen LogP contribution in [0.25, 0.3) is 0 Å². The van der Waals surface area contributed by atoms with E-state index in [-0.39, 0.29) is 0 Å². The second-order valence-corrected chi connectivity index (χ2v) is 3.13. The van der Waals surface area contributed by atoms with Crippen LogP contribution in [0.2, 0.25) is 0 Å². The van der Waals surface area contributed by atoms with Gasteiger partial charge < -0.3 is 4.74 Å². The summed E-state index contributed by atoms with van der Waals surface area (Å²) in [4.78, 5) is 23.4. The van der Waals surface area contributed by atoms with Gasteiger partial charge in [0, 0.05) is 0 Å². The van der Waals surface area contributed by atoms with Crippen molar-refractivity contribution < 1.29 is 27.6 Å². The zero-order valence-corrected chi connectivity index (χ0v) is 9.02. The topological polar surface area (TPSA) is 82.3 Å². The van der Waals surface area contributed by atoms with Crippen LogP contribution in [0.1, 0.15) is 17.7 Å². The van der Waals surface area contributed by atoms with E-state index < -0.39 is 46.5 Å². The molecule has 0 aliphatic carbocycles. The van der Waals surface area contributed by atoms with Gasteiger partial charge in [0.1, 0.15) is 0 Å². The third-order valence-electron chi connectivity index (χ3n) is 2.07. The van der Waals surface area contributed by atoms with Crippen LogP contribution in [0.3, 0.4) is 0 Å². The van der Waals surface area contributed by atoms with Crippen molar-refractivity contribution in [1.82, 2.24) is 4.98 Å². The van der Waals surface area contributed by atoms with Crippen molar-refractivity contribution in [2.45, 2.75) is 12.8 Å². The van der Waals surface area contributed by atoms with Gasteiger partial charge in [-0.3, -0.25) is 14.9 Å². The number of alkyl halides is 2. The molecule has 6 nitrogen and oxygen atoms in total. The predicted molar refractivity (Wildman–Crippen MR) is 51.5 cm³/mol. The van der Waals surface area contributed by atoms with E-state index in [4.69, 9.17) is 0 Å². The summed E-state index contributed by atoms with van der Waals surface area (Å²) in [6.07, 6.45) is -3.66. The average Bonchev–Trinajstić information content (AvgIpc) is 2.30. The van der Waals surface area contributed by atoms with Crippen molar-refractivity contribution in [3.63, 3.8) is 0 Å². The van der Waals surface area contributed by atoms with E-state index in [1.54, 1.807) is 0 Å². The largest absolute Gasteiger partial charge is 0.469 e. The molecule has 1 rings (SSSR count). The molecule has 0 radical (unpaired) electrons. The van der Waals surface area contributed by atoms with Crippen LogP contribution in [0.5, 0.6) is 0 Å². The number of methoxy groups -OCH3 is 1. The van der Waals surface area contributed by atoms with E-state index >= 15 is 0 Å². The fraction of sp³-hybridized carbons (Fsp3) is 0.333. The van der Waals surface area contributed by atoms with Gasteiger partial charge >= 0.3 is 11.7 Å². The van der Waals surface area contributed by atoms with E-state index in [0.29, 0.717) is 6.20 Å². The van der Waals surface area contributed by atoms with E-state index in [2.05, 4.69) is 9.72 Å². The maximum Gasteiger partial charge on any atom is 0.310 e. The summed E-state index contributed by atoms with van der Waals surface area (Å²) in [5, 5.41) is 10.7. The zero-order valence-electron chi connectivity index (χ0n) is 9.02. The van der Waals surface area contributed by atoms with Crippen LogP contribution in [0.4, 0.5) is 18.9 Å². The summed E-state index contributed by atoms with van der Waals surface area (Å²) < 4.78 is 42.6. The first-order valence-electron chi connectivity index (χ1n) is 4.55. The van der Waals surface area contributed by atoms with Gasteiger partial charge in [-0.25, -0.2) is 18.2 Å². The Bertz CT molecular complexity index is 493. The lowest BCUT2D eigenvalue weighted by molar-refractivity contribution is -0.387. The van der Waals surface area contributed by atoms with Gasteiger partial charge in [-0.05, 0) is 0 Å². The normalized spacial score (nSPS) is 10.5. The van der Waals surface area contributed by atoms with Crippen molar-refractivity contribution >= 4 is 11.7 Å².